The van der Waals surface area contributed by atoms with Crippen molar-refractivity contribution in [2.75, 3.05) is 13.7 Å². The van der Waals surface area contributed by atoms with Gasteiger partial charge in [-0.15, -0.1) is 0 Å². The van der Waals surface area contributed by atoms with Gasteiger partial charge in [-0.1, -0.05) is 37.6 Å². The summed E-state index contributed by atoms with van der Waals surface area (Å²) in [5.41, 5.74) is 1.39. The molecule has 0 saturated carbocycles. The maximum absolute atomic E-state index is 13.3. The monoisotopic (exact) mass is 352 g/mol. The molecule has 0 aliphatic heterocycles. The molecule has 1 atom stereocenters. The molecule has 0 aliphatic carbocycles. The highest BCUT2D eigenvalue weighted by atomic mass is 16.5. The van der Waals surface area contributed by atoms with Crippen molar-refractivity contribution >= 4 is 10.9 Å². The number of aromatic nitrogens is 2. The second kappa shape index (κ2) is 8.15. The average Bonchev–Trinajstić information content (AvgIpc) is 2.68. The van der Waals surface area contributed by atoms with Gasteiger partial charge in [-0.05, 0) is 37.6 Å². The number of unbranched alkanes of at least 4 members (excludes halogenated alkanes) is 1. The van der Waals surface area contributed by atoms with Crippen LogP contribution in [0.25, 0.3) is 16.6 Å². The molecule has 0 bridgehead atoms. The number of quaternary nitrogens is 1. The normalized spacial score (nSPS) is 12.3. The lowest BCUT2D eigenvalue weighted by Crippen LogP contribution is -2.85. The van der Waals surface area contributed by atoms with Crippen LogP contribution < -0.4 is 15.6 Å². The molecule has 0 unspecified atom stereocenters. The minimum Gasteiger partial charge on any atom is -0.495 e. The maximum Gasteiger partial charge on any atom is 0.266 e. The molecule has 0 aliphatic rings. The minimum absolute atomic E-state index is 0.0590. The van der Waals surface area contributed by atoms with Crippen molar-refractivity contribution in [1.82, 2.24) is 9.55 Å². The highest BCUT2D eigenvalue weighted by Gasteiger charge is 2.21. The summed E-state index contributed by atoms with van der Waals surface area (Å²) in [5, 5.41) is 2.86. The SMILES string of the molecule is CCCC[NH2+][C@@H](C)c1nc2ccccc2c(=O)n1-c1ccccc1OC. The zero-order chi connectivity index (χ0) is 18.5. The van der Waals surface area contributed by atoms with E-state index in [4.69, 9.17) is 9.72 Å². The van der Waals surface area contributed by atoms with Crippen LogP contribution in [0.3, 0.4) is 0 Å². The fourth-order valence-corrected chi connectivity index (χ4v) is 3.18. The Bertz CT molecular complexity index is 949. The second-order valence-electron chi connectivity index (χ2n) is 6.47. The molecule has 2 aromatic carbocycles. The summed E-state index contributed by atoms with van der Waals surface area (Å²) < 4.78 is 7.21. The van der Waals surface area contributed by atoms with Crippen LogP contribution in [0.2, 0.25) is 0 Å². The summed E-state index contributed by atoms with van der Waals surface area (Å²) >= 11 is 0. The number of methoxy groups -OCH3 is 1. The summed E-state index contributed by atoms with van der Waals surface area (Å²) in [6, 6.07) is 15.1. The third kappa shape index (κ3) is 3.48. The van der Waals surface area contributed by atoms with Crippen molar-refractivity contribution in [1.29, 1.82) is 0 Å². The number of fused-ring (bicyclic) bond motifs is 1. The van der Waals surface area contributed by atoms with Crippen molar-refractivity contribution < 1.29 is 10.1 Å². The number of hydrogen-bond donors (Lipinski definition) is 1. The Hall–Kier alpha value is -2.66. The quantitative estimate of drug-likeness (QED) is 0.665. The van der Waals surface area contributed by atoms with Gasteiger partial charge in [-0.2, -0.15) is 0 Å². The smallest absolute Gasteiger partial charge is 0.266 e. The predicted molar refractivity (Wildman–Crippen MR) is 104 cm³/mol. The van der Waals surface area contributed by atoms with E-state index in [-0.39, 0.29) is 11.6 Å². The third-order valence-electron chi connectivity index (χ3n) is 4.61. The molecule has 5 nitrogen and oxygen atoms in total. The number of para-hydroxylation sites is 3. The molecular formula is C21H26N3O2+. The minimum atomic E-state index is -0.0640. The van der Waals surface area contributed by atoms with E-state index in [2.05, 4.69) is 19.2 Å². The lowest BCUT2D eigenvalue weighted by Gasteiger charge is -2.19. The van der Waals surface area contributed by atoms with Crippen LogP contribution in [-0.4, -0.2) is 23.2 Å². The highest BCUT2D eigenvalue weighted by Crippen LogP contribution is 2.24. The van der Waals surface area contributed by atoms with Gasteiger partial charge in [0.1, 0.15) is 11.8 Å². The standard InChI is InChI=1S/C21H25N3O2/c1-4-5-14-22-15(2)20-23-17-11-7-6-10-16(17)21(25)24(20)18-12-8-9-13-19(18)26-3/h6-13,15,22H,4-5,14H2,1-3H3/p+1/t15-/m0/s1. The Balaban J connectivity index is 2.23. The molecule has 0 amide bonds. The summed E-state index contributed by atoms with van der Waals surface area (Å²) in [6.45, 7) is 5.28. The highest BCUT2D eigenvalue weighted by molar-refractivity contribution is 5.78. The lowest BCUT2D eigenvalue weighted by atomic mass is 10.2. The van der Waals surface area contributed by atoms with Gasteiger partial charge in [0.15, 0.2) is 5.82 Å². The van der Waals surface area contributed by atoms with Gasteiger partial charge in [-0.25, -0.2) is 4.98 Å². The number of nitrogens with two attached hydrogens (primary N) is 1. The predicted octanol–water partition coefficient (Wildman–Crippen LogP) is 2.82. The topological polar surface area (TPSA) is 60.7 Å². The van der Waals surface area contributed by atoms with E-state index in [1.54, 1.807) is 11.7 Å². The molecule has 3 rings (SSSR count). The number of rotatable bonds is 7. The van der Waals surface area contributed by atoms with Crippen molar-refractivity contribution in [3.8, 4) is 11.4 Å². The average molecular weight is 352 g/mol. The van der Waals surface area contributed by atoms with Crippen molar-refractivity contribution in [2.45, 2.75) is 32.7 Å². The van der Waals surface area contributed by atoms with Gasteiger partial charge >= 0.3 is 0 Å². The Morgan fingerprint density at radius 1 is 1.15 bits per heavy atom. The van der Waals surface area contributed by atoms with Crippen LogP contribution in [0.1, 0.15) is 38.6 Å². The number of hydrogen-bond acceptors (Lipinski definition) is 3. The van der Waals surface area contributed by atoms with Crippen LogP contribution in [-0.2, 0) is 0 Å². The maximum atomic E-state index is 13.3. The molecule has 0 fully saturated rings. The van der Waals surface area contributed by atoms with E-state index >= 15 is 0 Å². The van der Waals surface area contributed by atoms with Crippen molar-refractivity contribution in [3.63, 3.8) is 0 Å². The summed E-state index contributed by atoms with van der Waals surface area (Å²) in [6.07, 6.45) is 2.28. The number of nitrogens with zero attached hydrogens (tertiary/aromatic N) is 2. The zero-order valence-corrected chi connectivity index (χ0v) is 15.6. The van der Waals surface area contributed by atoms with Crippen LogP contribution >= 0.6 is 0 Å². The van der Waals surface area contributed by atoms with E-state index < -0.39 is 0 Å². The molecule has 2 N–H and O–H groups in total. The van der Waals surface area contributed by atoms with E-state index in [0.29, 0.717) is 11.1 Å². The van der Waals surface area contributed by atoms with E-state index in [1.165, 1.54) is 0 Å². The van der Waals surface area contributed by atoms with Crippen LogP contribution in [0.4, 0.5) is 0 Å². The van der Waals surface area contributed by atoms with E-state index in [9.17, 15) is 4.79 Å². The molecule has 3 aromatic rings. The largest absolute Gasteiger partial charge is 0.495 e. The number of ether oxygens (including phenoxy) is 1. The molecule has 0 radical (unpaired) electrons. The van der Waals surface area contributed by atoms with Crippen LogP contribution in [0.5, 0.6) is 5.75 Å². The summed E-state index contributed by atoms with van der Waals surface area (Å²) in [4.78, 5) is 18.1. The first-order valence-corrected chi connectivity index (χ1v) is 9.15. The lowest BCUT2D eigenvalue weighted by molar-refractivity contribution is -0.694. The van der Waals surface area contributed by atoms with Gasteiger partial charge in [0, 0.05) is 0 Å². The third-order valence-corrected chi connectivity index (χ3v) is 4.61. The first kappa shape index (κ1) is 18.1. The van der Waals surface area contributed by atoms with Gasteiger partial charge in [-0.3, -0.25) is 9.36 Å². The molecule has 0 spiro atoms. The number of benzene rings is 2. The fraction of sp³-hybridized carbons (Fsp3) is 0.333. The van der Waals surface area contributed by atoms with Gasteiger partial charge in [0.05, 0.1) is 30.2 Å². The summed E-state index contributed by atoms with van der Waals surface area (Å²) in [5.74, 6) is 1.41. The first-order valence-electron chi connectivity index (χ1n) is 9.15. The molecule has 1 aromatic heterocycles. The van der Waals surface area contributed by atoms with Crippen LogP contribution in [0.15, 0.2) is 53.3 Å². The van der Waals surface area contributed by atoms with E-state index in [1.807, 2.05) is 48.5 Å². The van der Waals surface area contributed by atoms with E-state index in [0.717, 1.165) is 36.4 Å². The molecular weight excluding hydrogens is 326 g/mol. The second-order valence-corrected chi connectivity index (χ2v) is 6.47. The zero-order valence-electron chi connectivity index (χ0n) is 15.6. The molecule has 5 heteroatoms. The van der Waals surface area contributed by atoms with Gasteiger partial charge in [0.25, 0.3) is 5.56 Å². The molecule has 136 valence electrons. The fourth-order valence-electron chi connectivity index (χ4n) is 3.18. The van der Waals surface area contributed by atoms with Crippen LogP contribution in [0, 0.1) is 0 Å². The molecule has 26 heavy (non-hydrogen) atoms. The Labute approximate surface area is 153 Å². The molecule has 1 heterocycles. The van der Waals surface area contributed by atoms with Gasteiger partial charge in [0.2, 0.25) is 0 Å². The Morgan fingerprint density at radius 3 is 2.65 bits per heavy atom. The Morgan fingerprint density at radius 2 is 1.88 bits per heavy atom. The van der Waals surface area contributed by atoms with Crippen molar-refractivity contribution in [3.05, 3.63) is 64.7 Å². The summed E-state index contributed by atoms with van der Waals surface area (Å²) in [7, 11) is 1.62. The van der Waals surface area contributed by atoms with Gasteiger partial charge < -0.3 is 10.1 Å². The molecule has 0 saturated heterocycles. The first-order chi connectivity index (χ1) is 12.7. The Kier molecular flexibility index (Phi) is 5.68. The van der Waals surface area contributed by atoms with Crippen molar-refractivity contribution in [2.24, 2.45) is 0 Å².